The van der Waals surface area contributed by atoms with Gasteiger partial charge in [0.15, 0.2) is 0 Å². The number of carboxylic acid groups (broad SMARTS) is 1. The highest BCUT2D eigenvalue weighted by Gasteiger charge is 2.09. The summed E-state index contributed by atoms with van der Waals surface area (Å²) in [5, 5.41) is 13.9. The molecule has 20 heavy (non-hydrogen) atoms. The van der Waals surface area contributed by atoms with Gasteiger partial charge in [0, 0.05) is 12.7 Å². The van der Waals surface area contributed by atoms with Crippen molar-refractivity contribution in [3.8, 4) is 0 Å². The van der Waals surface area contributed by atoms with E-state index in [1.54, 1.807) is 0 Å². The van der Waals surface area contributed by atoms with Gasteiger partial charge in [-0.25, -0.2) is 14.6 Å². The molecule has 3 N–H and O–H groups in total. The van der Waals surface area contributed by atoms with Crippen LogP contribution in [-0.2, 0) is 4.79 Å². The summed E-state index contributed by atoms with van der Waals surface area (Å²) in [5.41, 5.74) is 0.101. The lowest BCUT2D eigenvalue weighted by Crippen LogP contribution is -2.40. The van der Waals surface area contributed by atoms with E-state index in [0.29, 0.717) is 11.6 Å². The van der Waals surface area contributed by atoms with Gasteiger partial charge in [-0.05, 0) is 18.6 Å². The number of pyridine rings is 1. The number of aromatic carboxylic acids is 1. The van der Waals surface area contributed by atoms with E-state index in [2.05, 4.69) is 15.6 Å². The molecule has 0 spiro atoms. The zero-order valence-corrected chi connectivity index (χ0v) is 11.7. The Balaban J connectivity index is 2.43. The molecule has 0 aromatic carbocycles. The summed E-state index contributed by atoms with van der Waals surface area (Å²) in [7, 11) is 0. The van der Waals surface area contributed by atoms with Crippen molar-refractivity contribution in [1.82, 2.24) is 15.6 Å². The van der Waals surface area contributed by atoms with Crippen LogP contribution in [0.5, 0.6) is 0 Å². The van der Waals surface area contributed by atoms with Crippen molar-refractivity contribution in [2.24, 2.45) is 0 Å². The normalized spacial score (nSPS) is 9.85. The van der Waals surface area contributed by atoms with Gasteiger partial charge in [0.25, 0.3) is 0 Å². The SMILES string of the molecule is CCCNC(=O)NC(=O)CSc1cc(C(=O)O)ccn1. The third-order valence-corrected chi connectivity index (χ3v) is 3.05. The molecule has 1 heterocycles. The number of aromatic nitrogens is 1. The van der Waals surface area contributed by atoms with Crippen LogP contribution in [-0.4, -0.2) is 40.3 Å². The van der Waals surface area contributed by atoms with E-state index in [0.717, 1.165) is 18.2 Å². The molecular weight excluding hydrogens is 282 g/mol. The molecule has 3 amide bonds. The lowest BCUT2D eigenvalue weighted by Gasteiger charge is -2.05. The van der Waals surface area contributed by atoms with Crippen LogP contribution in [0.3, 0.4) is 0 Å². The molecular formula is C12H15N3O4S. The fraction of sp³-hybridized carbons (Fsp3) is 0.333. The lowest BCUT2D eigenvalue weighted by molar-refractivity contribution is -0.117. The molecule has 0 aliphatic rings. The number of carboxylic acids is 1. The number of nitrogens with one attached hydrogen (secondary N) is 2. The summed E-state index contributed by atoms with van der Waals surface area (Å²) < 4.78 is 0. The second-order valence-corrected chi connectivity index (χ2v) is 4.78. The van der Waals surface area contributed by atoms with Crippen molar-refractivity contribution >= 4 is 29.7 Å². The van der Waals surface area contributed by atoms with Gasteiger partial charge in [-0.3, -0.25) is 10.1 Å². The van der Waals surface area contributed by atoms with Crippen LogP contribution in [0.1, 0.15) is 23.7 Å². The van der Waals surface area contributed by atoms with Crippen LogP contribution in [0.4, 0.5) is 4.79 Å². The second-order valence-electron chi connectivity index (χ2n) is 3.78. The van der Waals surface area contributed by atoms with Crippen molar-refractivity contribution in [3.05, 3.63) is 23.9 Å². The first-order chi connectivity index (χ1) is 9.52. The third kappa shape index (κ3) is 5.70. The standard InChI is InChI=1S/C12H15N3O4S/c1-2-4-14-12(19)15-9(16)7-20-10-6-8(11(17)18)3-5-13-10/h3,5-6H,2,4,7H2,1H3,(H,17,18)(H2,14,15,16,19). The van der Waals surface area contributed by atoms with E-state index in [9.17, 15) is 14.4 Å². The van der Waals surface area contributed by atoms with E-state index in [-0.39, 0.29) is 11.3 Å². The van der Waals surface area contributed by atoms with E-state index >= 15 is 0 Å². The lowest BCUT2D eigenvalue weighted by atomic mass is 10.3. The van der Waals surface area contributed by atoms with Crippen LogP contribution in [0.2, 0.25) is 0 Å². The maximum atomic E-state index is 11.5. The van der Waals surface area contributed by atoms with Gasteiger partial charge in [0.2, 0.25) is 5.91 Å². The van der Waals surface area contributed by atoms with E-state index in [1.807, 2.05) is 6.92 Å². The molecule has 1 aromatic rings. The monoisotopic (exact) mass is 297 g/mol. The first-order valence-corrected chi connectivity index (χ1v) is 6.91. The van der Waals surface area contributed by atoms with Gasteiger partial charge in [0.1, 0.15) is 0 Å². The van der Waals surface area contributed by atoms with Crippen LogP contribution < -0.4 is 10.6 Å². The van der Waals surface area contributed by atoms with E-state index < -0.39 is 17.9 Å². The molecule has 1 rings (SSSR count). The van der Waals surface area contributed by atoms with Gasteiger partial charge in [-0.1, -0.05) is 18.7 Å². The van der Waals surface area contributed by atoms with Crippen LogP contribution in [0.25, 0.3) is 0 Å². The third-order valence-electron chi connectivity index (χ3n) is 2.12. The summed E-state index contributed by atoms with van der Waals surface area (Å²) in [6, 6.07) is 2.20. The number of hydrogen-bond acceptors (Lipinski definition) is 5. The molecule has 0 aliphatic heterocycles. The predicted octanol–water partition coefficient (Wildman–Crippen LogP) is 1.11. The van der Waals surface area contributed by atoms with E-state index in [1.165, 1.54) is 18.3 Å². The molecule has 0 atom stereocenters. The Morgan fingerprint density at radius 1 is 1.40 bits per heavy atom. The second kappa shape index (κ2) is 8.16. The molecule has 8 heteroatoms. The Morgan fingerprint density at radius 2 is 2.15 bits per heavy atom. The number of hydrogen-bond donors (Lipinski definition) is 3. The minimum absolute atomic E-state index is 0.0182. The van der Waals surface area contributed by atoms with E-state index in [4.69, 9.17) is 5.11 Å². The summed E-state index contributed by atoms with van der Waals surface area (Å²) >= 11 is 1.06. The Kier molecular flexibility index (Phi) is 6.51. The highest BCUT2D eigenvalue weighted by molar-refractivity contribution is 7.99. The number of nitrogens with zero attached hydrogens (tertiary/aromatic N) is 1. The number of rotatable bonds is 6. The average molecular weight is 297 g/mol. The molecule has 0 radical (unpaired) electrons. The maximum Gasteiger partial charge on any atom is 0.335 e. The Morgan fingerprint density at radius 3 is 2.80 bits per heavy atom. The van der Waals surface area contributed by atoms with Crippen molar-refractivity contribution in [2.75, 3.05) is 12.3 Å². The van der Waals surface area contributed by atoms with Crippen LogP contribution >= 0.6 is 11.8 Å². The Hall–Kier alpha value is -2.09. The largest absolute Gasteiger partial charge is 0.478 e. The predicted molar refractivity (Wildman–Crippen MR) is 73.8 cm³/mol. The highest BCUT2D eigenvalue weighted by atomic mass is 32.2. The molecule has 7 nitrogen and oxygen atoms in total. The first kappa shape index (κ1) is 16.0. The minimum Gasteiger partial charge on any atom is -0.478 e. The van der Waals surface area contributed by atoms with Crippen molar-refractivity contribution < 1.29 is 19.5 Å². The fourth-order valence-electron chi connectivity index (χ4n) is 1.21. The zero-order valence-electron chi connectivity index (χ0n) is 10.9. The molecule has 108 valence electrons. The van der Waals surface area contributed by atoms with Crippen molar-refractivity contribution in [2.45, 2.75) is 18.4 Å². The minimum atomic E-state index is -1.06. The number of imide groups is 1. The smallest absolute Gasteiger partial charge is 0.335 e. The summed E-state index contributed by atoms with van der Waals surface area (Å²) in [6.45, 7) is 2.40. The number of amides is 3. The molecule has 1 aromatic heterocycles. The summed E-state index contributed by atoms with van der Waals surface area (Å²) in [4.78, 5) is 37.4. The topological polar surface area (TPSA) is 108 Å². The maximum absolute atomic E-state index is 11.5. The fourth-order valence-corrected chi connectivity index (χ4v) is 1.90. The highest BCUT2D eigenvalue weighted by Crippen LogP contribution is 2.15. The zero-order chi connectivity index (χ0) is 15.0. The van der Waals surface area contributed by atoms with Gasteiger partial charge in [0.05, 0.1) is 16.3 Å². The number of carbonyl (C=O) groups excluding carboxylic acids is 2. The quantitative estimate of drug-likeness (QED) is 0.679. The van der Waals surface area contributed by atoms with Gasteiger partial charge < -0.3 is 10.4 Å². The Labute approximate surface area is 120 Å². The molecule has 0 aliphatic carbocycles. The average Bonchev–Trinajstić information content (AvgIpc) is 2.43. The molecule has 0 saturated carbocycles. The summed E-state index contributed by atoms with van der Waals surface area (Å²) in [6.07, 6.45) is 2.14. The number of urea groups is 1. The number of carbonyl (C=O) groups is 3. The molecule has 0 fully saturated rings. The van der Waals surface area contributed by atoms with Crippen LogP contribution in [0.15, 0.2) is 23.4 Å². The Bertz CT molecular complexity index is 507. The van der Waals surface area contributed by atoms with Gasteiger partial charge >= 0.3 is 12.0 Å². The molecule has 0 saturated heterocycles. The summed E-state index contributed by atoms with van der Waals surface area (Å²) in [5.74, 6) is -1.54. The van der Waals surface area contributed by atoms with Crippen molar-refractivity contribution in [3.63, 3.8) is 0 Å². The van der Waals surface area contributed by atoms with Gasteiger partial charge in [-0.2, -0.15) is 0 Å². The molecule has 0 unspecified atom stereocenters. The van der Waals surface area contributed by atoms with Gasteiger partial charge in [-0.15, -0.1) is 0 Å². The molecule has 0 bridgehead atoms. The van der Waals surface area contributed by atoms with Crippen LogP contribution in [0, 0.1) is 0 Å². The first-order valence-electron chi connectivity index (χ1n) is 5.92. The van der Waals surface area contributed by atoms with Crippen molar-refractivity contribution in [1.29, 1.82) is 0 Å². The number of thioether (sulfide) groups is 1.